The quantitative estimate of drug-likeness (QED) is 0.685. The summed E-state index contributed by atoms with van der Waals surface area (Å²) in [7, 11) is 0. The summed E-state index contributed by atoms with van der Waals surface area (Å²) < 4.78 is 1.83. The summed E-state index contributed by atoms with van der Waals surface area (Å²) in [5.74, 6) is 0.363. The Hall–Kier alpha value is -2.66. The smallest absolute Gasteiger partial charge is 0.221 e. The van der Waals surface area contributed by atoms with Crippen LogP contribution < -0.4 is 5.32 Å². The summed E-state index contributed by atoms with van der Waals surface area (Å²) in [6, 6.07) is 15.8. The molecule has 0 bridgehead atoms. The summed E-state index contributed by atoms with van der Waals surface area (Å²) in [6.45, 7) is 4.99. The molecule has 0 fully saturated rings. The van der Waals surface area contributed by atoms with E-state index in [0.717, 1.165) is 16.5 Å². The molecule has 0 aliphatic heterocycles. The molecule has 0 spiro atoms. The SMILES string of the molecule is CC(C)c1ccc(C(O)CNC(=O)CCn2ncc3ccccc32)cc1. The average Bonchev–Trinajstić information content (AvgIpc) is 3.07. The second-order valence-corrected chi connectivity index (χ2v) is 6.82. The topological polar surface area (TPSA) is 67.2 Å². The normalized spacial score (nSPS) is 12.5. The van der Waals surface area contributed by atoms with Gasteiger partial charge in [-0.05, 0) is 23.1 Å². The second kappa shape index (κ2) is 8.15. The van der Waals surface area contributed by atoms with E-state index in [1.165, 1.54) is 5.56 Å². The monoisotopic (exact) mass is 351 g/mol. The molecule has 0 aliphatic carbocycles. The number of aliphatic hydroxyl groups excluding tert-OH is 1. The van der Waals surface area contributed by atoms with Gasteiger partial charge >= 0.3 is 0 Å². The third-order valence-electron chi connectivity index (χ3n) is 4.58. The van der Waals surface area contributed by atoms with E-state index in [0.29, 0.717) is 18.9 Å². The van der Waals surface area contributed by atoms with Crippen LogP contribution in [0.25, 0.3) is 10.9 Å². The first-order valence-electron chi connectivity index (χ1n) is 9.00. The summed E-state index contributed by atoms with van der Waals surface area (Å²) in [5.41, 5.74) is 3.06. The molecular weight excluding hydrogens is 326 g/mol. The van der Waals surface area contributed by atoms with Crippen molar-refractivity contribution in [3.63, 3.8) is 0 Å². The van der Waals surface area contributed by atoms with Gasteiger partial charge in [0, 0.05) is 18.4 Å². The lowest BCUT2D eigenvalue weighted by Gasteiger charge is -2.14. The molecule has 0 saturated carbocycles. The molecule has 26 heavy (non-hydrogen) atoms. The first kappa shape index (κ1) is 18.1. The molecule has 5 heteroatoms. The van der Waals surface area contributed by atoms with E-state index in [4.69, 9.17) is 0 Å². The molecular formula is C21H25N3O2. The van der Waals surface area contributed by atoms with Gasteiger partial charge in [0.05, 0.1) is 24.4 Å². The van der Waals surface area contributed by atoms with Crippen molar-refractivity contribution in [2.24, 2.45) is 0 Å². The van der Waals surface area contributed by atoms with Crippen LogP contribution in [0.3, 0.4) is 0 Å². The Morgan fingerprint density at radius 1 is 1.12 bits per heavy atom. The van der Waals surface area contributed by atoms with Crippen LogP contribution in [0, 0.1) is 0 Å². The van der Waals surface area contributed by atoms with E-state index < -0.39 is 6.10 Å². The standard InChI is InChI=1S/C21H25N3O2/c1-15(2)16-7-9-17(10-8-16)20(25)14-22-21(26)11-12-24-19-6-4-3-5-18(19)13-23-24/h3-10,13,15,20,25H,11-12,14H2,1-2H3,(H,22,26). The number of nitrogens with zero attached hydrogens (tertiary/aromatic N) is 2. The van der Waals surface area contributed by atoms with E-state index in [2.05, 4.69) is 24.3 Å². The van der Waals surface area contributed by atoms with Crippen molar-refractivity contribution < 1.29 is 9.90 Å². The number of carbonyl (C=O) groups is 1. The van der Waals surface area contributed by atoms with E-state index >= 15 is 0 Å². The molecule has 3 aromatic rings. The molecule has 0 radical (unpaired) electrons. The maximum Gasteiger partial charge on any atom is 0.221 e. The van der Waals surface area contributed by atoms with E-state index in [-0.39, 0.29) is 12.5 Å². The zero-order valence-electron chi connectivity index (χ0n) is 15.2. The van der Waals surface area contributed by atoms with Gasteiger partial charge in [-0.1, -0.05) is 56.3 Å². The molecule has 0 saturated heterocycles. The first-order chi connectivity index (χ1) is 12.5. The van der Waals surface area contributed by atoms with Crippen molar-refractivity contribution in [1.29, 1.82) is 0 Å². The first-order valence-corrected chi connectivity index (χ1v) is 9.00. The molecule has 5 nitrogen and oxygen atoms in total. The Kier molecular flexibility index (Phi) is 5.68. The minimum atomic E-state index is -0.703. The fraction of sp³-hybridized carbons (Fsp3) is 0.333. The highest BCUT2D eigenvalue weighted by molar-refractivity contribution is 5.79. The van der Waals surface area contributed by atoms with Crippen LogP contribution in [0.2, 0.25) is 0 Å². The van der Waals surface area contributed by atoms with Crippen LogP contribution >= 0.6 is 0 Å². The maximum atomic E-state index is 12.1. The number of amides is 1. The summed E-state index contributed by atoms with van der Waals surface area (Å²) >= 11 is 0. The van der Waals surface area contributed by atoms with Gasteiger partial charge in [-0.2, -0.15) is 5.10 Å². The molecule has 1 amide bonds. The van der Waals surface area contributed by atoms with Crippen molar-refractivity contribution in [1.82, 2.24) is 15.1 Å². The fourth-order valence-electron chi connectivity index (χ4n) is 2.93. The van der Waals surface area contributed by atoms with Crippen LogP contribution in [-0.4, -0.2) is 27.3 Å². The van der Waals surface area contributed by atoms with Crippen LogP contribution in [0.5, 0.6) is 0 Å². The third kappa shape index (κ3) is 4.29. The number of fused-ring (bicyclic) bond motifs is 1. The molecule has 1 atom stereocenters. The maximum absolute atomic E-state index is 12.1. The lowest BCUT2D eigenvalue weighted by atomic mass is 10.00. The second-order valence-electron chi connectivity index (χ2n) is 6.82. The van der Waals surface area contributed by atoms with Gasteiger partial charge in [-0.15, -0.1) is 0 Å². The summed E-state index contributed by atoms with van der Waals surface area (Å²) in [5, 5.41) is 18.4. The minimum absolute atomic E-state index is 0.0950. The van der Waals surface area contributed by atoms with Gasteiger partial charge in [0.2, 0.25) is 5.91 Å². The summed E-state index contributed by atoms with van der Waals surface area (Å²) in [4.78, 5) is 12.1. The number of aliphatic hydroxyl groups is 1. The van der Waals surface area contributed by atoms with Crippen LogP contribution in [-0.2, 0) is 11.3 Å². The third-order valence-corrected chi connectivity index (χ3v) is 4.58. The number of para-hydroxylation sites is 1. The number of aromatic nitrogens is 2. The largest absolute Gasteiger partial charge is 0.387 e. The molecule has 3 rings (SSSR count). The molecule has 136 valence electrons. The van der Waals surface area contributed by atoms with Crippen molar-refractivity contribution in [2.75, 3.05) is 6.54 Å². The molecule has 1 heterocycles. The minimum Gasteiger partial charge on any atom is -0.387 e. The highest BCUT2D eigenvalue weighted by Gasteiger charge is 2.11. The van der Waals surface area contributed by atoms with Crippen molar-refractivity contribution >= 4 is 16.8 Å². The number of aryl methyl sites for hydroxylation is 1. The van der Waals surface area contributed by atoms with Crippen molar-refractivity contribution in [3.8, 4) is 0 Å². The van der Waals surface area contributed by atoms with Gasteiger partial charge in [-0.25, -0.2) is 0 Å². The number of hydrogen-bond donors (Lipinski definition) is 2. The van der Waals surface area contributed by atoms with Gasteiger partial charge in [0.25, 0.3) is 0 Å². The average molecular weight is 351 g/mol. The number of nitrogens with one attached hydrogen (secondary N) is 1. The van der Waals surface area contributed by atoms with Crippen LogP contribution in [0.1, 0.15) is 43.4 Å². The molecule has 1 unspecified atom stereocenters. The number of rotatable bonds is 7. The van der Waals surface area contributed by atoms with E-state index in [1.807, 2.05) is 53.2 Å². The van der Waals surface area contributed by atoms with Crippen molar-refractivity contribution in [2.45, 2.75) is 38.8 Å². The van der Waals surface area contributed by atoms with E-state index in [1.54, 1.807) is 6.20 Å². The molecule has 2 aromatic carbocycles. The Morgan fingerprint density at radius 3 is 2.54 bits per heavy atom. The van der Waals surface area contributed by atoms with Gasteiger partial charge < -0.3 is 10.4 Å². The lowest BCUT2D eigenvalue weighted by Crippen LogP contribution is -2.29. The lowest BCUT2D eigenvalue weighted by molar-refractivity contribution is -0.121. The van der Waals surface area contributed by atoms with Gasteiger partial charge in [0.1, 0.15) is 0 Å². The van der Waals surface area contributed by atoms with Crippen LogP contribution in [0.15, 0.2) is 54.7 Å². The Balaban J connectivity index is 1.49. The molecule has 1 aromatic heterocycles. The number of benzene rings is 2. The predicted octanol–water partition coefficient (Wildman–Crippen LogP) is 3.40. The molecule has 2 N–H and O–H groups in total. The van der Waals surface area contributed by atoms with Crippen LogP contribution in [0.4, 0.5) is 0 Å². The zero-order chi connectivity index (χ0) is 18.5. The highest BCUT2D eigenvalue weighted by Crippen LogP contribution is 2.18. The summed E-state index contributed by atoms with van der Waals surface area (Å²) in [6.07, 6.45) is 1.42. The number of carbonyl (C=O) groups excluding carboxylic acids is 1. The zero-order valence-corrected chi connectivity index (χ0v) is 15.2. The fourth-order valence-corrected chi connectivity index (χ4v) is 2.93. The number of hydrogen-bond acceptors (Lipinski definition) is 3. The Morgan fingerprint density at radius 2 is 1.81 bits per heavy atom. The van der Waals surface area contributed by atoms with Crippen molar-refractivity contribution in [3.05, 3.63) is 65.9 Å². The van der Waals surface area contributed by atoms with Gasteiger partial charge in [-0.3, -0.25) is 9.48 Å². The Bertz CT molecular complexity index is 868. The molecule has 0 aliphatic rings. The Labute approximate surface area is 153 Å². The predicted molar refractivity (Wildman–Crippen MR) is 103 cm³/mol. The van der Waals surface area contributed by atoms with Gasteiger partial charge in [0.15, 0.2) is 0 Å². The van der Waals surface area contributed by atoms with E-state index in [9.17, 15) is 9.90 Å². The highest BCUT2D eigenvalue weighted by atomic mass is 16.3.